The van der Waals surface area contributed by atoms with Crippen LogP contribution in [0.4, 0.5) is 5.69 Å². The molecule has 1 aliphatic rings. The first kappa shape index (κ1) is 22.4. The van der Waals surface area contributed by atoms with Crippen LogP contribution in [0.1, 0.15) is 56.4 Å². The molecule has 0 amide bonds. The first-order valence-electron chi connectivity index (χ1n) is 10.9. The number of ether oxygens (including phenoxy) is 3. The first-order valence-corrected chi connectivity index (χ1v) is 10.9. The second-order valence-corrected chi connectivity index (χ2v) is 8.43. The minimum atomic E-state index is -0.497. The van der Waals surface area contributed by atoms with Gasteiger partial charge in [0, 0.05) is 24.4 Å². The Morgan fingerprint density at radius 2 is 1.97 bits per heavy atom. The van der Waals surface area contributed by atoms with Crippen molar-refractivity contribution in [1.82, 2.24) is 0 Å². The molecular weight excluding hydrogens is 374 g/mol. The third-order valence-electron chi connectivity index (χ3n) is 5.58. The Labute approximate surface area is 181 Å². The maximum atomic E-state index is 6.36. The fourth-order valence-electron chi connectivity index (χ4n) is 3.84. The minimum Gasteiger partial charge on any atom is -0.485 e. The van der Waals surface area contributed by atoms with Gasteiger partial charge in [-0.25, -0.2) is 0 Å². The number of benzene rings is 2. The molecule has 162 valence electrons. The van der Waals surface area contributed by atoms with E-state index in [0.717, 1.165) is 36.4 Å². The van der Waals surface area contributed by atoms with E-state index in [1.165, 1.54) is 11.1 Å². The van der Waals surface area contributed by atoms with Crippen LogP contribution < -0.4 is 10.1 Å². The van der Waals surface area contributed by atoms with E-state index in [-0.39, 0.29) is 12.2 Å². The maximum Gasteiger partial charge on any atom is 0.132 e. The Morgan fingerprint density at radius 1 is 1.17 bits per heavy atom. The zero-order valence-corrected chi connectivity index (χ0v) is 18.7. The van der Waals surface area contributed by atoms with Gasteiger partial charge in [0.1, 0.15) is 23.6 Å². The number of hydrogen-bond acceptors (Lipinski definition) is 4. The summed E-state index contributed by atoms with van der Waals surface area (Å²) in [5.41, 5.74) is 4.16. The molecule has 2 atom stereocenters. The van der Waals surface area contributed by atoms with Gasteiger partial charge in [0.2, 0.25) is 0 Å². The summed E-state index contributed by atoms with van der Waals surface area (Å²) >= 11 is 0. The fourth-order valence-corrected chi connectivity index (χ4v) is 3.84. The lowest BCUT2D eigenvalue weighted by Gasteiger charge is -2.44. The van der Waals surface area contributed by atoms with Gasteiger partial charge in [-0.05, 0) is 56.5 Å². The maximum absolute atomic E-state index is 6.36. The lowest BCUT2D eigenvalue weighted by molar-refractivity contribution is -0.157. The molecule has 30 heavy (non-hydrogen) atoms. The summed E-state index contributed by atoms with van der Waals surface area (Å²) in [4.78, 5) is 0. The molecule has 0 saturated carbocycles. The topological polar surface area (TPSA) is 39.7 Å². The second-order valence-electron chi connectivity index (χ2n) is 8.43. The normalized spacial score (nSPS) is 19.6. The van der Waals surface area contributed by atoms with Crippen molar-refractivity contribution in [1.29, 1.82) is 0 Å². The van der Waals surface area contributed by atoms with Crippen LogP contribution in [-0.2, 0) is 16.0 Å². The summed E-state index contributed by atoms with van der Waals surface area (Å²) < 4.78 is 18.8. The molecular formula is C26H35NO3. The molecule has 0 saturated heterocycles. The Morgan fingerprint density at radius 3 is 2.70 bits per heavy atom. The van der Waals surface area contributed by atoms with Gasteiger partial charge in [-0.3, -0.25) is 0 Å². The zero-order chi connectivity index (χ0) is 21.6. The van der Waals surface area contributed by atoms with Crippen molar-refractivity contribution < 1.29 is 14.2 Å². The molecule has 1 N–H and O–H groups in total. The molecule has 0 fully saturated rings. The van der Waals surface area contributed by atoms with Crippen LogP contribution in [0, 0.1) is 6.92 Å². The molecule has 0 radical (unpaired) electrons. The quantitative estimate of drug-likeness (QED) is 0.374. The monoisotopic (exact) mass is 409 g/mol. The highest BCUT2D eigenvalue weighted by atomic mass is 16.6. The van der Waals surface area contributed by atoms with Gasteiger partial charge < -0.3 is 19.5 Å². The molecule has 1 heterocycles. The average molecular weight is 410 g/mol. The van der Waals surface area contributed by atoms with Crippen molar-refractivity contribution in [3.05, 3.63) is 71.8 Å². The van der Waals surface area contributed by atoms with Crippen LogP contribution in [0.5, 0.6) is 5.75 Å². The third kappa shape index (κ3) is 5.24. The zero-order valence-electron chi connectivity index (χ0n) is 18.7. The number of hydrogen-bond donors (Lipinski definition) is 1. The van der Waals surface area contributed by atoms with Crippen LogP contribution in [0.2, 0.25) is 0 Å². The van der Waals surface area contributed by atoms with Crippen molar-refractivity contribution in [2.24, 2.45) is 0 Å². The molecule has 3 rings (SSSR count). The van der Waals surface area contributed by atoms with Crippen molar-refractivity contribution in [3.8, 4) is 5.75 Å². The van der Waals surface area contributed by atoms with Gasteiger partial charge >= 0.3 is 0 Å². The van der Waals surface area contributed by atoms with Gasteiger partial charge in [-0.15, -0.1) is 6.58 Å². The molecule has 4 nitrogen and oxygen atoms in total. The van der Waals surface area contributed by atoms with E-state index in [9.17, 15) is 0 Å². The van der Waals surface area contributed by atoms with E-state index in [0.29, 0.717) is 13.2 Å². The summed E-state index contributed by atoms with van der Waals surface area (Å²) in [5.74, 6) is 0.862. The Hall–Kier alpha value is -2.30. The smallest absolute Gasteiger partial charge is 0.132 e. The molecule has 0 aliphatic carbocycles. The minimum absolute atomic E-state index is 0.185. The first-order chi connectivity index (χ1) is 14.5. The Kier molecular flexibility index (Phi) is 7.57. The average Bonchev–Trinajstić information content (AvgIpc) is 2.72. The number of anilines is 1. The molecule has 2 unspecified atom stereocenters. The second kappa shape index (κ2) is 10.1. The number of nitrogens with one attached hydrogen (secondary N) is 1. The number of unbranched alkanes of at least 4 members (excludes halogenated alkanes) is 1. The highest BCUT2D eigenvalue weighted by Crippen LogP contribution is 2.44. The molecule has 4 heteroatoms. The van der Waals surface area contributed by atoms with Gasteiger partial charge in [0.25, 0.3) is 0 Å². The lowest BCUT2D eigenvalue weighted by Crippen LogP contribution is -2.51. The van der Waals surface area contributed by atoms with Crippen LogP contribution in [0.25, 0.3) is 0 Å². The SMILES string of the molecule is C=CCOC1C(OCCCC)c2cc(NCc3ccccc3C)ccc2OC1(C)C. The molecule has 2 aromatic carbocycles. The molecule has 0 aromatic heterocycles. The van der Waals surface area contributed by atoms with Crippen molar-refractivity contribution in [2.75, 3.05) is 18.5 Å². The molecule has 1 aliphatic heterocycles. The fraction of sp³-hybridized carbons (Fsp3) is 0.462. The van der Waals surface area contributed by atoms with Crippen molar-refractivity contribution in [2.45, 2.75) is 64.9 Å². The van der Waals surface area contributed by atoms with Gasteiger partial charge in [0.15, 0.2) is 0 Å². The van der Waals surface area contributed by atoms with Crippen LogP contribution in [0.3, 0.4) is 0 Å². The predicted octanol–water partition coefficient (Wildman–Crippen LogP) is 6.21. The van der Waals surface area contributed by atoms with E-state index in [1.54, 1.807) is 6.08 Å². The number of rotatable bonds is 10. The summed E-state index contributed by atoms with van der Waals surface area (Å²) in [6, 6.07) is 14.7. The standard InChI is InChI=1S/C26H35NO3/c1-6-8-16-28-24-22-17-21(27-18-20-12-10-9-11-19(20)3)13-14-23(22)30-26(4,5)25(24)29-15-7-2/h7,9-14,17,24-25,27H,2,6,8,15-16,18H2,1,3-5H3. The van der Waals surface area contributed by atoms with Gasteiger partial charge in [-0.2, -0.15) is 0 Å². The van der Waals surface area contributed by atoms with Gasteiger partial charge in [-0.1, -0.05) is 43.7 Å². The largest absolute Gasteiger partial charge is 0.485 e. The Balaban J connectivity index is 1.86. The van der Waals surface area contributed by atoms with E-state index < -0.39 is 5.60 Å². The lowest BCUT2D eigenvalue weighted by atomic mass is 9.87. The predicted molar refractivity (Wildman–Crippen MR) is 123 cm³/mol. The van der Waals surface area contributed by atoms with Crippen LogP contribution >= 0.6 is 0 Å². The third-order valence-corrected chi connectivity index (χ3v) is 5.58. The van der Waals surface area contributed by atoms with E-state index in [4.69, 9.17) is 14.2 Å². The van der Waals surface area contributed by atoms with Gasteiger partial charge in [0.05, 0.1) is 6.61 Å². The van der Waals surface area contributed by atoms with E-state index in [2.05, 4.69) is 76.0 Å². The summed E-state index contributed by atoms with van der Waals surface area (Å²) in [7, 11) is 0. The van der Waals surface area contributed by atoms with Crippen LogP contribution in [-0.4, -0.2) is 24.9 Å². The molecule has 0 spiro atoms. The summed E-state index contributed by atoms with van der Waals surface area (Å²) in [5, 5.41) is 3.55. The van der Waals surface area contributed by atoms with E-state index >= 15 is 0 Å². The summed E-state index contributed by atoms with van der Waals surface area (Å²) in [6.45, 7) is 14.2. The Bertz CT molecular complexity index is 846. The highest BCUT2D eigenvalue weighted by Gasteiger charge is 2.45. The molecule has 0 bridgehead atoms. The van der Waals surface area contributed by atoms with Crippen molar-refractivity contribution in [3.63, 3.8) is 0 Å². The summed E-state index contributed by atoms with van der Waals surface area (Å²) in [6.07, 6.45) is 3.48. The number of fused-ring (bicyclic) bond motifs is 1. The number of aryl methyl sites for hydroxylation is 1. The van der Waals surface area contributed by atoms with Crippen molar-refractivity contribution >= 4 is 5.69 Å². The highest BCUT2D eigenvalue weighted by molar-refractivity contribution is 5.54. The molecule has 2 aromatic rings. The van der Waals surface area contributed by atoms with E-state index in [1.807, 2.05) is 6.07 Å². The van der Waals surface area contributed by atoms with Crippen LogP contribution in [0.15, 0.2) is 55.1 Å².